The minimum atomic E-state index is -0.0426. The number of likely N-dealkylation sites (tertiary alicyclic amines) is 1. The van der Waals surface area contributed by atoms with E-state index in [0.717, 1.165) is 37.2 Å². The monoisotopic (exact) mass is 479 g/mol. The Hall–Kier alpha value is -3.59. The van der Waals surface area contributed by atoms with E-state index < -0.39 is 0 Å². The number of piperidine rings is 1. The summed E-state index contributed by atoms with van der Waals surface area (Å²) in [5.41, 5.74) is 1.92. The number of benzene rings is 2. The van der Waals surface area contributed by atoms with Crippen molar-refractivity contribution in [2.24, 2.45) is 5.92 Å². The molecule has 1 N–H and O–H groups in total. The third-order valence-electron chi connectivity index (χ3n) is 6.29. The van der Waals surface area contributed by atoms with Gasteiger partial charge in [0.25, 0.3) is 0 Å². The van der Waals surface area contributed by atoms with Crippen molar-refractivity contribution < 1.29 is 18.8 Å². The summed E-state index contributed by atoms with van der Waals surface area (Å²) in [5, 5.41) is 7.23. The van der Waals surface area contributed by atoms with Gasteiger partial charge in [-0.1, -0.05) is 23.4 Å². The molecule has 1 amide bonds. The SMILES string of the molecule is COc1ccc(-c2noc(CN3CCCC(C(=O)NCCN(C)c4ccccc4)C3)n2)cc1OC. The largest absolute Gasteiger partial charge is 0.493 e. The number of hydrogen-bond acceptors (Lipinski definition) is 8. The van der Waals surface area contributed by atoms with E-state index in [2.05, 4.69) is 37.4 Å². The second kappa shape index (κ2) is 11.7. The van der Waals surface area contributed by atoms with Crippen molar-refractivity contribution >= 4 is 11.6 Å². The first-order valence-corrected chi connectivity index (χ1v) is 11.9. The third-order valence-corrected chi connectivity index (χ3v) is 6.29. The van der Waals surface area contributed by atoms with Crippen molar-refractivity contribution in [1.29, 1.82) is 0 Å². The fourth-order valence-electron chi connectivity index (χ4n) is 4.32. The highest BCUT2D eigenvalue weighted by molar-refractivity contribution is 5.79. The smallest absolute Gasteiger partial charge is 0.241 e. The number of ether oxygens (including phenoxy) is 2. The molecule has 9 nitrogen and oxygen atoms in total. The van der Waals surface area contributed by atoms with Crippen molar-refractivity contribution in [3.8, 4) is 22.9 Å². The summed E-state index contributed by atoms with van der Waals surface area (Å²) in [6, 6.07) is 15.7. The van der Waals surface area contributed by atoms with Crippen LogP contribution in [-0.2, 0) is 11.3 Å². The van der Waals surface area contributed by atoms with Crippen molar-refractivity contribution in [3.05, 3.63) is 54.4 Å². The molecule has 35 heavy (non-hydrogen) atoms. The number of para-hydroxylation sites is 1. The fourth-order valence-corrected chi connectivity index (χ4v) is 4.32. The maximum absolute atomic E-state index is 12.8. The minimum Gasteiger partial charge on any atom is -0.493 e. The van der Waals surface area contributed by atoms with Crippen LogP contribution in [0.2, 0.25) is 0 Å². The molecule has 1 aliphatic heterocycles. The molecule has 0 radical (unpaired) electrons. The van der Waals surface area contributed by atoms with Gasteiger partial charge in [0.2, 0.25) is 17.6 Å². The Kier molecular flexibility index (Phi) is 8.20. The number of nitrogens with zero attached hydrogens (tertiary/aromatic N) is 4. The zero-order chi connectivity index (χ0) is 24.6. The highest BCUT2D eigenvalue weighted by atomic mass is 16.5. The normalized spacial score (nSPS) is 16.0. The fraction of sp³-hybridized carbons (Fsp3) is 0.423. The van der Waals surface area contributed by atoms with Crippen LogP contribution < -0.4 is 19.7 Å². The van der Waals surface area contributed by atoms with E-state index in [0.29, 0.717) is 42.8 Å². The zero-order valence-corrected chi connectivity index (χ0v) is 20.6. The van der Waals surface area contributed by atoms with Gasteiger partial charge in [-0.2, -0.15) is 4.98 Å². The average molecular weight is 480 g/mol. The summed E-state index contributed by atoms with van der Waals surface area (Å²) in [6.07, 6.45) is 1.84. The summed E-state index contributed by atoms with van der Waals surface area (Å²) < 4.78 is 16.2. The molecule has 1 aromatic heterocycles. The van der Waals surface area contributed by atoms with Gasteiger partial charge >= 0.3 is 0 Å². The van der Waals surface area contributed by atoms with Gasteiger partial charge < -0.3 is 24.2 Å². The Balaban J connectivity index is 1.28. The average Bonchev–Trinajstić information content (AvgIpc) is 3.37. The van der Waals surface area contributed by atoms with Crippen molar-refractivity contribution in [3.63, 3.8) is 0 Å². The van der Waals surface area contributed by atoms with E-state index in [1.807, 2.05) is 43.4 Å². The Morgan fingerprint density at radius 2 is 1.97 bits per heavy atom. The number of likely N-dealkylation sites (N-methyl/N-ethyl adjacent to an activating group) is 1. The molecule has 0 bridgehead atoms. The quantitative estimate of drug-likeness (QED) is 0.474. The highest BCUT2D eigenvalue weighted by Gasteiger charge is 2.27. The summed E-state index contributed by atoms with van der Waals surface area (Å²) in [7, 11) is 5.22. The van der Waals surface area contributed by atoms with Crippen LogP contribution in [-0.4, -0.2) is 68.4 Å². The van der Waals surface area contributed by atoms with Gasteiger partial charge in [0.15, 0.2) is 11.5 Å². The maximum Gasteiger partial charge on any atom is 0.241 e. The van der Waals surface area contributed by atoms with Crippen LogP contribution in [0, 0.1) is 5.92 Å². The molecule has 0 aliphatic carbocycles. The Labute approximate surface area is 206 Å². The lowest BCUT2D eigenvalue weighted by Crippen LogP contribution is -2.44. The van der Waals surface area contributed by atoms with E-state index in [-0.39, 0.29) is 11.8 Å². The Morgan fingerprint density at radius 1 is 1.17 bits per heavy atom. The van der Waals surface area contributed by atoms with Gasteiger partial charge in [0.1, 0.15) is 0 Å². The number of anilines is 1. The number of hydrogen-bond donors (Lipinski definition) is 1. The highest BCUT2D eigenvalue weighted by Crippen LogP contribution is 2.31. The number of methoxy groups -OCH3 is 2. The first-order chi connectivity index (χ1) is 17.1. The molecule has 3 aromatic rings. The number of amides is 1. The molecule has 0 saturated carbocycles. The molecule has 1 unspecified atom stereocenters. The van der Waals surface area contributed by atoms with Gasteiger partial charge in [-0.15, -0.1) is 0 Å². The van der Waals surface area contributed by atoms with E-state index in [1.165, 1.54) is 0 Å². The van der Waals surface area contributed by atoms with E-state index in [1.54, 1.807) is 14.2 Å². The first-order valence-electron chi connectivity index (χ1n) is 11.9. The molecule has 1 aliphatic rings. The standard InChI is InChI=1S/C26H33N5O4/c1-30(21-9-5-4-6-10-21)15-13-27-26(32)20-8-7-14-31(17-20)18-24-28-25(29-35-24)19-11-12-22(33-2)23(16-19)34-3/h4-6,9-12,16,20H,7-8,13-15,17-18H2,1-3H3,(H,27,32). The minimum absolute atomic E-state index is 0.0426. The van der Waals surface area contributed by atoms with E-state index in [4.69, 9.17) is 14.0 Å². The van der Waals surface area contributed by atoms with Crippen LogP contribution in [0.15, 0.2) is 53.1 Å². The molecule has 2 heterocycles. The molecular weight excluding hydrogens is 446 g/mol. The van der Waals surface area contributed by atoms with Gasteiger partial charge in [-0.3, -0.25) is 9.69 Å². The molecule has 4 rings (SSSR count). The van der Waals surface area contributed by atoms with Crippen LogP contribution >= 0.6 is 0 Å². The molecule has 186 valence electrons. The Morgan fingerprint density at radius 3 is 2.74 bits per heavy atom. The van der Waals surface area contributed by atoms with Gasteiger partial charge in [-0.05, 0) is 49.7 Å². The summed E-state index contributed by atoms with van der Waals surface area (Å²) in [5.74, 6) is 2.34. The van der Waals surface area contributed by atoms with Crippen molar-refractivity contribution in [2.75, 3.05) is 52.3 Å². The lowest BCUT2D eigenvalue weighted by molar-refractivity contribution is -0.126. The second-order valence-corrected chi connectivity index (χ2v) is 8.70. The predicted octanol–water partition coefficient (Wildman–Crippen LogP) is 3.22. The van der Waals surface area contributed by atoms with Gasteiger partial charge in [0, 0.05) is 37.9 Å². The van der Waals surface area contributed by atoms with Crippen LogP contribution in [0.3, 0.4) is 0 Å². The van der Waals surface area contributed by atoms with Gasteiger partial charge in [-0.25, -0.2) is 0 Å². The number of carbonyl (C=O) groups excluding carboxylic acids is 1. The lowest BCUT2D eigenvalue weighted by atomic mass is 9.97. The summed E-state index contributed by atoms with van der Waals surface area (Å²) >= 11 is 0. The third kappa shape index (κ3) is 6.30. The van der Waals surface area contributed by atoms with Crippen LogP contribution in [0.1, 0.15) is 18.7 Å². The van der Waals surface area contributed by atoms with Gasteiger partial charge in [0.05, 0.1) is 26.7 Å². The van der Waals surface area contributed by atoms with Crippen LogP contribution in [0.25, 0.3) is 11.4 Å². The van der Waals surface area contributed by atoms with Crippen molar-refractivity contribution in [1.82, 2.24) is 20.4 Å². The Bertz CT molecular complexity index is 1100. The zero-order valence-electron chi connectivity index (χ0n) is 20.6. The molecule has 1 atom stereocenters. The van der Waals surface area contributed by atoms with Crippen LogP contribution in [0.5, 0.6) is 11.5 Å². The summed E-state index contributed by atoms with van der Waals surface area (Å²) in [6.45, 7) is 3.45. The van der Waals surface area contributed by atoms with E-state index >= 15 is 0 Å². The predicted molar refractivity (Wildman–Crippen MR) is 134 cm³/mol. The van der Waals surface area contributed by atoms with Crippen molar-refractivity contribution in [2.45, 2.75) is 19.4 Å². The number of rotatable bonds is 10. The number of carbonyl (C=O) groups is 1. The molecule has 0 spiro atoms. The topological polar surface area (TPSA) is 93.0 Å². The number of nitrogens with one attached hydrogen (secondary N) is 1. The van der Waals surface area contributed by atoms with E-state index in [9.17, 15) is 4.79 Å². The second-order valence-electron chi connectivity index (χ2n) is 8.70. The molecule has 2 aromatic carbocycles. The summed E-state index contributed by atoms with van der Waals surface area (Å²) in [4.78, 5) is 21.7. The molecule has 1 fully saturated rings. The lowest BCUT2D eigenvalue weighted by Gasteiger charge is -2.31. The van der Waals surface area contributed by atoms with Crippen LogP contribution in [0.4, 0.5) is 5.69 Å². The molecule has 1 saturated heterocycles. The molecular formula is C26H33N5O4. The first kappa shape index (κ1) is 24.5. The molecule has 9 heteroatoms. The maximum atomic E-state index is 12.8. The number of aromatic nitrogens is 2.